The Morgan fingerprint density at radius 2 is 2.12 bits per heavy atom. The number of hydrogen-bond donors (Lipinski definition) is 3. The number of benzene rings is 2. The van der Waals surface area contributed by atoms with E-state index in [4.69, 9.17) is 20.8 Å². The second-order valence-electron chi connectivity index (χ2n) is 4.78. The monoisotopic (exact) mass is 322 g/mol. The highest BCUT2D eigenvalue weighted by Gasteiger charge is 2.13. The van der Waals surface area contributed by atoms with Crippen molar-refractivity contribution < 1.29 is 8.81 Å². The van der Waals surface area contributed by atoms with E-state index in [0.29, 0.717) is 16.8 Å². The molecule has 3 rings (SSSR count). The van der Waals surface area contributed by atoms with Gasteiger partial charge in [0.1, 0.15) is 17.4 Å². The van der Waals surface area contributed by atoms with Crippen molar-refractivity contribution >= 4 is 28.3 Å². The van der Waals surface area contributed by atoms with E-state index < -0.39 is 11.7 Å². The summed E-state index contributed by atoms with van der Waals surface area (Å²) in [5, 5.41) is 19.7. The molecule has 8 heteroatoms. The van der Waals surface area contributed by atoms with Gasteiger partial charge in [-0.05, 0) is 30.3 Å². The summed E-state index contributed by atoms with van der Waals surface area (Å²) in [4.78, 5) is 4.25. The maximum atomic E-state index is 14.1. The lowest BCUT2D eigenvalue weighted by Gasteiger charge is -2.04. The molecule has 0 saturated carbocycles. The number of oxazole rings is 1. The van der Waals surface area contributed by atoms with Crippen molar-refractivity contribution in [1.82, 2.24) is 4.98 Å². The third-order valence-electron chi connectivity index (χ3n) is 3.15. The van der Waals surface area contributed by atoms with Gasteiger partial charge in [0.25, 0.3) is 0 Å². The summed E-state index contributed by atoms with van der Waals surface area (Å²) in [7, 11) is 0. The van der Waals surface area contributed by atoms with Gasteiger partial charge >= 0.3 is 0 Å². The number of hydrazone groups is 1. The van der Waals surface area contributed by atoms with Gasteiger partial charge in [0.2, 0.25) is 11.6 Å². The minimum absolute atomic E-state index is 0.133. The summed E-state index contributed by atoms with van der Waals surface area (Å²) in [5.74, 6) is -0.845. The molecule has 0 atom stereocenters. The Morgan fingerprint density at radius 1 is 1.33 bits per heavy atom. The Morgan fingerprint density at radius 3 is 2.83 bits per heavy atom. The van der Waals surface area contributed by atoms with Crippen molar-refractivity contribution in [2.45, 2.75) is 0 Å². The second-order valence-corrected chi connectivity index (χ2v) is 4.78. The van der Waals surface area contributed by atoms with Crippen LogP contribution in [-0.4, -0.2) is 16.5 Å². The quantitative estimate of drug-likeness (QED) is 0.387. The fraction of sp³-hybridized carbons (Fsp3) is 0. The predicted molar refractivity (Wildman–Crippen MR) is 88.0 cm³/mol. The number of amidine groups is 1. The second kappa shape index (κ2) is 6.18. The first-order valence-electron chi connectivity index (χ1n) is 6.82. The molecule has 0 aliphatic heterocycles. The Balaban J connectivity index is 1.97. The van der Waals surface area contributed by atoms with Crippen LogP contribution in [0.2, 0.25) is 0 Å². The van der Waals surface area contributed by atoms with E-state index in [0.717, 1.165) is 0 Å². The van der Waals surface area contributed by atoms with Crippen LogP contribution in [0.15, 0.2) is 52.0 Å². The zero-order chi connectivity index (χ0) is 17.1. The number of nitrogens with two attached hydrogens (primary N) is 1. The zero-order valence-corrected chi connectivity index (χ0v) is 12.2. The van der Waals surface area contributed by atoms with Crippen molar-refractivity contribution in [3.05, 3.63) is 48.3 Å². The number of rotatable bonds is 4. The van der Waals surface area contributed by atoms with Gasteiger partial charge in [0.15, 0.2) is 11.4 Å². The van der Waals surface area contributed by atoms with E-state index in [1.54, 1.807) is 24.3 Å². The van der Waals surface area contributed by atoms with E-state index in [1.165, 1.54) is 18.2 Å². The molecule has 1 aromatic heterocycles. The lowest BCUT2D eigenvalue weighted by Crippen LogP contribution is -2.21. The summed E-state index contributed by atoms with van der Waals surface area (Å²) >= 11 is 0. The van der Waals surface area contributed by atoms with Crippen molar-refractivity contribution in [1.29, 1.82) is 10.7 Å². The summed E-state index contributed by atoms with van der Waals surface area (Å²) in [6.07, 6.45) is 0. The molecule has 4 N–H and O–H groups in total. The number of halogens is 1. The molecule has 0 saturated heterocycles. The number of nitriles is 1. The summed E-state index contributed by atoms with van der Waals surface area (Å²) in [5.41, 5.74) is 9.19. The average molecular weight is 322 g/mol. The number of para-hydroxylation sites is 2. The van der Waals surface area contributed by atoms with Gasteiger partial charge in [-0.25, -0.2) is 9.37 Å². The van der Waals surface area contributed by atoms with Crippen LogP contribution >= 0.6 is 0 Å². The molecular weight excluding hydrogens is 311 g/mol. The molecule has 0 spiro atoms. The van der Waals surface area contributed by atoms with Gasteiger partial charge in [-0.15, -0.1) is 0 Å². The summed E-state index contributed by atoms with van der Waals surface area (Å²) in [6.45, 7) is 0. The minimum Gasteiger partial charge on any atom is -0.436 e. The van der Waals surface area contributed by atoms with Crippen LogP contribution in [0.1, 0.15) is 0 Å². The smallest absolute Gasteiger partial charge is 0.230 e. The first-order valence-corrected chi connectivity index (χ1v) is 6.82. The van der Waals surface area contributed by atoms with Crippen molar-refractivity contribution in [3.63, 3.8) is 0 Å². The molecule has 0 unspecified atom stereocenters. The van der Waals surface area contributed by atoms with Crippen LogP contribution in [0.4, 0.5) is 10.1 Å². The highest BCUT2D eigenvalue weighted by molar-refractivity contribution is 6.45. The van der Waals surface area contributed by atoms with Crippen LogP contribution in [0.5, 0.6) is 0 Å². The predicted octanol–water partition coefficient (Wildman–Crippen LogP) is 2.86. The minimum atomic E-state index is -0.511. The van der Waals surface area contributed by atoms with Crippen LogP contribution in [0, 0.1) is 22.6 Å². The fourth-order valence-electron chi connectivity index (χ4n) is 2.01. The molecule has 3 aromatic rings. The van der Waals surface area contributed by atoms with E-state index in [1.807, 2.05) is 6.07 Å². The molecule has 0 aliphatic carbocycles. The van der Waals surface area contributed by atoms with Gasteiger partial charge in [-0.2, -0.15) is 10.4 Å². The number of anilines is 1. The number of nitrogens with zero attached hydrogens (tertiary/aromatic N) is 3. The molecule has 0 bridgehead atoms. The molecule has 1 heterocycles. The molecule has 0 radical (unpaired) electrons. The summed E-state index contributed by atoms with van der Waals surface area (Å²) < 4.78 is 19.7. The molecule has 24 heavy (non-hydrogen) atoms. The summed E-state index contributed by atoms with van der Waals surface area (Å²) in [6, 6.07) is 12.9. The Labute approximate surface area is 135 Å². The molecule has 7 nitrogen and oxygen atoms in total. The Kier molecular flexibility index (Phi) is 3.91. The van der Waals surface area contributed by atoms with Crippen molar-refractivity contribution in [3.8, 4) is 17.5 Å². The SMILES string of the molecule is N#C/C(=N\Nc1ccc(F)c(-c2nc3ccccc3o2)c1)C(=N)N. The highest BCUT2D eigenvalue weighted by Crippen LogP contribution is 2.28. The van der Waals surface area contributed by atoms with Gasteiger partial charge in [0.05, 0.1) is 11.3 Å². The number of aromatic nitrogens is 1. The fourth-order valence-corrected chi connectivity index (χ4v) is 2.01. The van der Waals surface area contributed by atoms with E-state index in [9.17, 15) is 4.39 Å². The molecule has 0 amide bonds. The molecule has 0 fully saturated rings. The standard InChI is InChI=1S/C16H11FN6O/c17-11-6-5-9(22-23-13(8-18)15(19)20)7-10(11)16-21-12-3-1-2-4-14(12)24-16/h1-7,22H,(H3,19,20)/b23-13+. The average Bonchev–Trinajstić information content (AvgIpc) is 3.00. The normalized spacial score (nSPS) is 11.2. The number of nitrogens with one attached hydrogen (secondary N) is 2. The van der Waals surface area contributed by atoms with Gasteiger partial charge in [-0.3, -0.25) is 10.8 Å². The zero-order valence-electron chi connectivity index (χ0n) is 12.2. The van der Waals surface area contributed by atoms with Crippen LogP contribution in [-0.2, 0) is 0 Å². The Hall–Kier alpha value is -3.73. The number of hydrogen-bond acceptors (Lipinski definition) is 6. The largest absolute Gasteiger partial charge is 0.436 e. The number of fused-ring (bicyclic) bond motifs is 1. The van der Waals surface area contributed by atoms with Gasteiger partial charge in [0, 0.05) is 0 Å². The van der Waals surface area contributed by atoms with E-state index >= 15 is 0 Å². The molecular formula is C16H11FN6O. The molecule has 2 aromatic carbocycles. The maximum Gasteiger partial charge on any atom is 0.230 e. The van der Waals surface area contributed by atoms with Crippen LogP contribution < -0.4 is 11.2 Å². The van der Waals surface area contributed by atoms with Crippen molar-refractivity contribution in [2.24, 2.45) is 10.8 Å². The van der Waals surface area contributed by atoms with E-state index in [-0.39, 0.29) is 17.2 Å². The van der Waals surface area contributed by atoms with Gasteiger partial charge < -0.3 is 10.2 Å². The van der Waals surface area contributed by atoms with Crippen LogP contribution in [0.3, 0.4) is 0 Å². The third-order valence-corrected chi connectivity index (χ3v) is 3.15. The topological polar surface area (TPSA) is 124 Å². The lowest BCUT2D eigenvalue weighted by molar-refractivity contribution is 0.594. The third kappa shape index (κ3) is 2.91. The van der Waals surface area contributed by atoms with Crippen molar-refractivity contribution in [2.75, 3.05) is 5.43 Å². The van der Waals surface area contributed by atoms with Crippen LogP contribution in [0.25, 0.3) is 22.6 Å². The highest BCUT2D eigenvalue weighted by atomic mass is 19.1. The van der Waals surface area contributed by atoms with Gasteiger partial charge in [-0.1, -0.05) is 12.1 Å². The Bertz CT molecular complexity index is 968. The first-order chi connectivity index (χ1) is 11.6. The lowest BCUT2D eigenvalue weighted by atomic mass is 10.2. The maximum absolute atomic E-state index is 14.1. The molecule has 118 valence electrons. The molecule has 0 aliphatic rings. The first kappa shape index (κ1) is 15.2. The van der Waals surface area contributed by atoms with E-state index in [2.05, 4.69) is 15.5 Å².